The summed E-state index contributed by atoms with van der Waals surface area (Å²) in [6.45, 7) is 0.321. The molecular formula is C17H14N6O2. The highest BCUT2D eigenvalue weighted by Gasteiger charge is 2.13. The molecule has 4 aromatic rings. The summed E-state index contributed by atoms with van der Waals surface area (Å²) >= 11 is 0. The molecule has 3 heterocycles. The smallest absolute Gasteiger partial charge is 0.347 e. The molecule has 0 saturated carbocycles. The largest absolute Gasteiger partial charge is 0.348 e. The van der Waals surface area contributed by atoms with Crippen LogP contribution in [0.4, 0.5) is 0 Å². The van der Waals surface area contributed by atoms with Gasteiger partial charge in [0.25, 0.3) is 5.91 Å². The van der Waals surface area contributed by atoms with Gasteiger partial charge in [-0.1, -0.05) is 18.2 Å². The molecule has 0 unspecified atom stereocenters. The summed E-state index contributed by atoms with van der Waals surface area (Å²) in [5, 5.41) is 13.3. The molecule has 0 spiro atoms. The Morgan fingerprint density at radius 2 is 2.00 bits per heavy atom. The zero-order chi connectivity index (χ0) is 17.2. The second-order valence-electron chi connectivity index (χ2n) is 5.46. The molecule has 0 saturated heterocycles. The number of rotatable bonds is 4. The lowest BCUT2D eigenvalue weighted by Crippen LogP contribution is -2.23. The van der Waals surface area contributed by atoms with Gasteiger partial charge in [0.15, 0.2) is 5.65 Å². The first-order valence-corrected chi connectivity index (χ1v) is 7.65. The molecule has 8 nitrogen and oxygen atoms in total. The van der Waals surface area contributed by atoms with Gasteiger partial charge >= 0.3 is 5.69 Å². The van der Waals surface area contributed by atoms with E-state index in [1.807, 2.05) is 36.5 Å². The molecule has 0 aliphatic heterocycles. The van der Waals surface area contributed by atoms with Crippen LogP contribution in [0, 0.1) is 0 Å². The molecule has 3 aromatic heterocycles. The number of benzene rings is 1. The molecule has 0 atom stereocenters. The lowest BCUT2D eigenvalue weighted by molar-refractivity contribution is 0.0952. The minimum atomic E-state index is -0.381. The highest BCUT2D eigenvalue weighted by atomic mass is 16.2. The molecule has 25 heavy (non-hydrogen) atoms. The van der Waals surface area contributed by atoms with E-state index in [0.29, 0.717) is 17.8 Å². The summed E-state index contributed by atoms with van der Waals surface area (Å²) in [6, 6.07) is 13.0. The Morgan fingerprint density at radius 3 is 2.84 bits per heavy atom. The number of hydrogen-bond donors (Lipinski definition) is 2. The summed E-state index contributed by atoms with van der Waals surface area (Å²) < 4.78 is 3.04. The number of pyridine rings is 1. The molecule has 0 radical (unpaired) electrons. The summed E-state index contributed by atoms with van der Waals surface area (Å²) in [5.74, 6) is -0.308. The number of hydrogen-bond acceptors (Lipinski definition) is 4. The van der Waals surface area contributed by atoms with Gasteiger partial charge in [-0.25, -0.2) is 19.0 Å². The van der Waals surface area contributed by atoms with E-state index in [9.17, 15) is 9.59 Å². The topological polar surface area (TPSA) is 97.1 Å². The molecule has 8 heteroatoms. The van der Waals surface area contributed by atoms with Crippen LogP contribution in [0.25, 0.3) is 11.3 Å². The molecule has 1 amide bonds. The van der Waals surface area contributed by atoms with E-state index in [0.717, 1.165) is 11.3 Å². The zero-order valence-electron chi connectivity index (χ0n) is 13.1. The molecule has 0 aliphatic carbocycles. The van der Waals surface area contributed by atoms with Gasteiger partial charge in [-0.15, -0.1) is 0 Å². The van der Waals surface area contributed by atoms with Crippen molar-refractivity contribution >= 4 is 11.6 Å². The first kappa shape index (κ1) is 14.9. The highest BCUT2D eigenvalue weighted by Crippen LogP contribution is 2.09. The maximum absolute atomic E-state index is 12.4. The van der Waals surface area contributed by atoms with Crippen LogP contribution < -0.4 is 11.0 Å². The van der Waals surface area contributed by atoms with Crippen LogP contribution in [0.5, 0.6) is 0 Å². The number of aromatic nitrogens is 5. The lowest BCUT2D eigenvalue weighted by Gasteiger charge is -2.04. The van der Waals surface area contributed by atoms with Gasteiger partial charge in [-0.2, -0.15) is 10.2 Å². The van der Waals surface area contributed by atoms with Gasteiger partial charge in [0.1, 0.15) is 0 Å². The van der Waals surface area contributed by atoms with Crippen LogP contribution in [0.2, 0.25) is 0 Å². The Hall–Kier alpha value is -3.68. The predicted octanol–water partition coefficient (Wildman–Crippen LogP) is 1.14. The second-order valence-corrected chi connectivity index (χ2v) is 5.46. The van der Waals surface area contributed by atoms with Gasteiger partial charge in [-0.3, -0.25) is 4.79 Å². The zero-order valence-corrected chi connectivity index (χ0v) is 13.1. The number of fused-ring (bicyclic) bond motifs is 1. The van der Waals surface area contributed by atoms with Crippen LogP contribution in [0.3, 0.4) is 0 Å². The molecular weight excluding hydrogens is 320 g/mol. The quantitative estimate of drug-likeness (QED) is 0.585. The number of aromatic amines is 1. The maximum atomic E-state index is 12.4. The molecule has 124 valence electrons. The van der Waals surface area contributed by atoms with Gasteiger partial charge in [-0.05, 0) is 24.3 Å². The summed E-state index contributed by atoms with van der Waals surface area (Å²) in [5.41, 5.74) is 2.05. The van der Waals surface area contributed by atoms with Crippen LogP contribution in [0.15, 0.2) is 65.8 Å². The monoisotopic (exact) mass is 334 g/mol. The number of para-hydroxylation sites is 1. The number of carbonyl (C=O) groups is 1. The number of nitrogens with one attached hydrogen (secondary N) is 2. The van der Waals surface area contributed by atoms with Gasteiger partial charge in [0.2, 0.25) is 0 Å². The Morgan fingerprint density at radius 1 is 1.16 bits per heavy atom. The average Bonchev–Trinajstić information content (AvgIpc) is 3.28. The van der Waals surface area contributed by atoms with Crippen molar-refractivity contribution in [2.24, 2.45) is 0 Å². The standard InChI is InChI=1S/C17H14N6O2/c24-16(14-7-4-8-22-15(14)20-21-17(22)25)18-9-12-10-19-23(11-12)13-5-2-1-3-6-13/h1-8,10-11H,9H2,(H,18,24)(H,21,25). The number of carbonyl (C=O) groups excluding carboxylic acids is 1. The first-order chi connectivity index (χ1) is 12.2. The third-order valence-electron chi connectivity index (χ3n) is 3.80. The van der Waals surface area contributed by atoms with E-state index in [1.165, 1.54) is 4.40 Å². The van der Waals surface area contributed by atoms with Crippen molar-refractivity contribution in [1.29, 1.82) is 0 Å². The van der Waals surface area contributed by atoms with Crippen molar-refractivity contribution in [2.75, 3.05) is 0 Å². The number of amides is 1. The van der Waals surface area contributed by atoms with Crippen LogP contribution in [0.1, 0.15) is 15.9 Å². The van der Waals surface area contributed by atoms with Gasteiger partial charge < -0.3 is 5.32 Å². The number of H-pyrrole nitrogens is 1. The maximum Gasteiger partial charge on any atom is 0.347 e. The molecule has 2 N–H and O–H groups in total. The van der Waals surface area contributed by atoms with E-state index in [-0.39, 0.29) is 11.6 Å². The Bertz CT molecular complexity index is 1090. The van der Waals surface area contributed by atoms with Crippen molar-refractivity contribution in [3.8, 4) is 5.69 Å². The lowest BCUT2D eigenvalue weighted by atomic mass is 10.2. The molecule has 0 aliphatic rings. The van der Waals surface area contributed by atoms with Crippen LogP contribution in [-0.4, -0.2) is 30.3 Å². The van der Waals surface area contributed by atoms with Crippen molar-refractivity contribution in [1.82, 2.24) is 29.7 Å². The van der Waals surface area contributed by atoms with E-state index >= 15 is 0 Å². The SMILES string of the molecule is O=C(NCc1cnn(-c2ccccc2)c1)c1cccn2c(=O)[nH]nc12. The highest BCUT2D eigenvalue weighted by molar-refractivity contribution is 5.99. The molecule has 0 bridgehead atoms. The fourth-order valence-corrected chi connectivity index (χ4v) is 2.56. The van der Waals surface area contributed by atoms with Crippen molar-refractivity contribution in [3.05, 3.63) is 82.7 Å². The average molecular weight is 334 g/mol. The van der Waals surface area contributed by atoms with Gasteiger partial charge in [0, 0.05) is 24.5 Å². The first-order valence-electron chi connectivity index (χ1n) is 7.65. The van der Waals surface area contributed by atoms with E-state index in [1.54, 1.807) is 29.2 Å². The second kappa shape index (κ2) is 6.08. The minimum Gasteiger partial charge on any atom is -0.348 e. The summed E-state index contributed by atoms with van der Waals surface area (Å²) in [6.07, 6.45) is 5.12. The van der Waals surface area contributed by atoms with Crippen molar-refractivity contribution < 1.29 is 4.79 Å². The summed E-state index contributed by atoms with van der Waals surface area (Å²) in [4.78, 5) is 24.0. The Kier molecular flexibility index (Phi) is 3.62. The minimum absolute atomic E-state index is 0.296. The third-order valence-corrected chi connectivity index (χ3v) is 3.80. The fraction of sp³-hybridized carbons (Fsp3) is 0.0588. The Labute approximate surface area is 141 Å². The van der Waals surface area contributed by atoms with E-state index in [2.05, 4.69) is 20.6 Å². The normalized spacial score (nSPS) is 10.9. The third kappa shape index (κ3) is 2.80. The number of nitrogens with zero attached hydrogens (tertiary/aromatic N) is 4. The molecule has 4 rings (SSSR count). The Balaban J connectivity index is 1.51. The van der Waals surface area contributed by atoms with E-state index < -0.39 is 0 Å². The van der Waals surface area contributed by atoms with Crippen LogP contribution in [-0.2, 0) is 6.54 Å². The predicted molar refractivity (Wildman–Crippen MR) is 90.5 cm³/mol. The van der Waals surface area contributed by atoms with Crippen molar-refractivity contribution in [3.63, 3.8) is 0 Å². The molecule has 0 fully saturated rings. The van der Waals surface area contributed by atoms with E-state index in [4.69, 9.17) is 0 Å². The molecule has 1 aromatic carbocycles. The fourth-order valence-electron chi connectivity index (χ4n) is 2.56. The van der Waals surface area contributed by atoms with Crippen molar-refractivity contribution in [2.45, 2.75) is 6.54 Å². The van der Waals surface area contributed by atoms with Gasteiger partial charge in [0.05, 0.1) is 17.4 Å². The van der Waals surface area contributed by atoms with Crippen LogP contribution >= 0.6 is 0 Å². The summed E-state index contributed by atoms with van der Waals surface area (Å²) in [7, 11) is 0.